The molecule has 1 aliphatic heterocycles. The highest BCUT2D eigenvalue weighted by molar-refractivity contribution is 9.10. The van der Waals surface area contributed by atoms with E-state index in [0.29, 0.717) is 12.5 Å². The standard InChI is InChI=1S/C25H30BrClN2O/c26-21-4-1-3-20(16-21)17-25(30)28-23-5-2-6-24(23)29-13-11-19(12-14-29)15-18-7-9-22(27)10-8-18/h1,3-4,7-10,16,19,23-24H,2,5-6,11-15,17H2,(H,28,30)/t23-,24-/m1/s1. The van der Waals surface area contributed by atoms with E-state index in [4.69, 9.17) is 11.6 Å². The smallest absolute Gasteiger partial charge is 0.224 e. The van der Waals surface area contributed by atoms with E-state index in [1.165, 1.54) is 31.2 Å². The van der Waals surface area contributed by atoms with Gasteiger partial charge in [0, 0.05) is 21.6 Å². The molecule has 0 unspecified atom stereocenters. The molecule has 1 saturated carbocycles. The highest BCUT2D eigenvalue weighted by Gasteiger charge is 2.34. The summed E-state index contributed by atoms with van der Waals surface area (Å²) in [6.07, 6.45) is 7.56. The molecule has 1 heterocycles. The number of rotatable bonds is 6. The van der Waals surface area contributed by atoms with Gasteiger partial charge >= 0.3 is 0 Å². The maximum absolute atomic E-state index is 12.6. The SMILES string of the molecule is O=C(Cc1cccc(Br)c1)N[C@@H]1CCC[C@H]1N1CCC(Cc2ccc(Cl)cc2)CC1. The van der Waals surface area contributed by atoms with Gasteiger partial charge in [0.25, 0.3) is 0 Å². The lowest BCUT2D eigenvalue weighted by Crippen LogP contribution is -2.51. The van der Waals surface area contributed by atoms with Crippen molar-refractivity contribution in [2.75, 3.05) is 13.1 Å². The third kappa shape index (κ3) is 5.87. The van der Waals surface area contributed by atoms with Crippen LogP contribution in [0.2, 0.25) is 5.02 Å². The number of nitrogens with zero attached hydrogens (tertiary/aromatic N) is 1. The third-order valence-electron chi connectivity index (χ3n) is 6.64. The predicted octanol–water partition coefficient (Wildman–Crippen LogP) is 5.64. The van der Waals surface area contributed by atoms with Gasteiger partial charge in [0.2, 0.25) is 5.91 Å². The molecule has 2 atom stereocenters. The van der Waals surface area contributed by atoms with Crippen LogP contribution >= 0.6 is 27.5 Å². The van der Waals surface area contributed by atoms with Gasteiger partial charge < -0.3 is 5.32 Å². The van der Waals surface area contributed by atoms with Crippen LogP contribution < -0.4 is 5.32 Å². The Labute approximate surface area is 193 Å². The van der Waals surface area contributed by atoms with Crippen LogP contribution in [0, 0.1) is 5.92 Å². The zero-order chi connectivity index (χ0) is 20.9. The van der Waals surface area contributed by atoms with E-state index in [9.17, 15) is 4.79 Å². The van der Waals surface area contributed by atoms with E-state index in [2.05, 4.69) is 38.3 Å². The molecule has 2 fully saturated rings. The summed E-state index contributed by atoms with van der Waals surface area (Å²) >= 11 is 9.50. The molecule has 1 amide bonds. The highest BCUT2D eigenvalue weighted by atomic mass is 79.9. The Bertz CT molecular complexity index is 848. The fourth-order valence-electron chi connectivity index (χ4n) is 5.08. The number of hydrogen-bond acceptors (Lipinski definition) is 2. The summed E-state index contributed by atoms with van der Waals surface area (Å²) in [5.74, 6) is 0.885. The number of nitrogens with one attached hydrogen (secondary N) is 1. The second-order valence-electron chi connectivity index (χ2n) is 8.79. The first kappa shape index (κ1) is 21.9. The van der Waals surface area contributed by atoms with Crippen molar-refractivity contribution < 1.29 is 4.79 Å². The summed E-state index contributed by atoms with van der Waals surface area (Å²) in [6.45, 7) is 2.28. The van der Waals surface area contributed by atoms with E-state index < -0.39 is 0 Å². The topological polar surface area (TPSA) is 32.3 Å². The van der Waals surface area contributed by atoms with Crippen molar-refractivity contribution in [1.29, 1.82) is 0 Å². The van der Waals surface area contributed by atoms with Crippen LogP contribution in [-0.2, 0) is 17.6 Å². The molecule has 30 heavy (non-hydrogen) atoms. The average molecular weight is 490 g/mol. The number of amides is 1. The minimum absolute atomic E-state index is 0.141. The van der Waals surface area contributed by atoms with Crippen molar-refractivity contribution in [2.24, 2.45) is 5.92 Å². The van der Waals surface area contributed by atoms with Gasteiger partial charge in [-0.1, -0.05) is 51.8 Å². The van der Waals surface area contributed by atoms with E-state index >= 15 is 0 Å². The van der Waals surface area contributed by atoms with Gasteiger partial charge in [0.15, 0.2) is 0 Å². The fourth-order valence-corrected chi connectivity index (χ4v) is 5.65. The average Bonchev–Trinajstić information content (AvgIpc) is 3.18. The minimum Gasteiger partial charge on any atom is -0.352 e. The zero-order valence-corrected chi connectivity index (χ0v) is 19.7. The second-order valence-corrected chi connectivity index (χ2v) is 10.1. The molecular weight excluding hydrogens is 460 g/mol. The highest BCUT2D eigenvalue weighted by Crippen LogP contribution is 2.30. The molecule has 0 bridgehead atoms. The van der Waals surface area contributed by atoms with Crippen molar-refractivity contribution >= 4 is 33.4 Å². The number of carbonyl (C=O) groups excluding carboxylic acids is 1. The van der Waals surface area contributed by atoms with Crippen molar-refractivity contribution in [2.45, 2.75) is 57.0 Å². The first-order valence-electron chi connectivity index (χ1n) is 11.1. The van der Waals surface area contributed by atoms with E-state index in [-0.39, 0.29) is 11.9 Å². The lowest BCUT2D eigenvalue weighted by atomic mass is 9.89. The molecule has 4 rings (SSSR count). The minimum atomic E-state index is 0.141. The summed E-state index contributed by atoms with van der Waals surface area (Å²) in [5, 5.41) is 4.15. The first-order valence-corrected chi connectivity index (χ1v) is 12.3. The monoisotopic (exact) mass is 488 g/mol. The van der Waals surface area contributed by atoms with Crippen molar-refractivity contribution in [3.8, 4) is 0 Å². The lowest BCUT2D eigenvalue weighted by Gasteiger charge is -2.38. The number of likely N-dealkylation sites (tertiary alicyclic amines) is 1. The van der Waals surface area contributed by atoms with Crippen LogP contribution in [0.1, 0.15) is 43.2 Å². The summed E-state index contributed by atoms with van der Waals surface area (Å²) in [4.78, 5) is 15.3. The Morgan fingerprint density at radius 1 is 1.03 bits per heavy atom. The van der Waals surface area contributed by atoms with Crippen LogP contribution in [0.5, 0.6) is 0 Å². The predicted molar refractivity (Wildman–Crippen MR) is 127 cm³/mol. The fraction of sp³-hybridized carbons (Fsp3) is 0.480. The van der Waals surface area contributed by atoms with E-state index in [1.54, 1.807) is 0 Å². The Morgan fingerprint density at radius 2 is 1.80 bits per heavy atom. The van der Waals surface area contributed by atoms with Gasteiger partial charge in [-0.2, -0.15) is 0 Å². The van der Waals surface area contributed by atoms with Crippen LogP contribution in [0.4, 0.5) is 0 Å². The van der Waals surface area contributed by atoms with Crippen molar-refractivity contribution in [3.63, 3.8) is 0 Å². The second kappa shape index (κ2) is 10.3. The van der Waals surface area contributed by atoms with Crippen molar-refractivity contribution in [1.82, 2.24) is 10.2 Å². The third-order valence-corrected chi connectivity index (χ3v) is 7.38. The molecular formula is C25H30BrClN2O. The van der Waals surface area contributed by atoms with E-state index in [0.717, 1.165) is 46.9 Å². The molecule has 160 valence electrons. The Balaban J connectivity index is 1.26. The van der Waals surface area contributed by atoms with Gasteiger partial charge in [-0.15, -0.1) is 0 Å². The molecule has 1 N–H and O–H groups in total. The van der Waals surface area contributed by atoms with Gasteiger partial charge in [-0.05, 0) is 92.9 Å². The largest absolute Gasteiger partial charge is 0.352 e. The number of carbonyl (C=O) groups is 1. The molecule has 2 aliphatic rings. The molecule has 2 aromatic carbocycles. The Morgan fingerprint density at radius 3 is 2.53 bits per heavy atom. The Hall–Kier alpha value is -1.36. The van der Waals surface area contributed by atoms with Crippen LogP contribution in [-0.4, -0.2) is 36.0 Å². The van der Waals surface area contributed by atoms with Gasteiger partial charge in [-0.3, -0.25) is 9.69 Å². The van der Waals surface area contributed by atoms with Crippen LogP contribution in [0.3, 0.4) is 0 Å². The number of piperidine rings is 1. The van der Waals surface area contributed by atoms with E-state index in [1.807, 2.05) is 36.4 Å². The molecule has 0 aromatic heterocycles. The van der Waals surface area contributed by atoms with Crippen LogP contribution in [0.25, 0.3) is 0 Å². The number of hydrogen-bond donors (Lipinski definition) is 1. The van der Waals surface area contributed by atoms with Crippen molar-refractivity contribution in [3.05, 3.63) is 69.2 Å². The summed E-state index contributed by atoms with van der Waals surface area (Å²) in [5.41, 5.74) is 2.44. The van der Waals surface area contributed by atoms with Gasteiger partial charge in [-0.25, -0.2) is 0 Å². The lowest BCUT2D eigenvalue weighted by molar-refractivity contribution is -0.121. The first-order chi connectivity index (χ1) is 14.6. The molecule has 3 nitrogen and oxygen atoms in total. The molecule has 2 aromatic rings. The summed E-state index contributed by atoms with van der Waals surface area (Å²) < 4.78 is 1.02. The Kier molecular flexibility index (Phi) is 7.50. The van der Waals surface area contributed by atoms with Crippen LogP contribution in [0.15, 0.2) is 53.0 Å². The number of halogens is 2. The summed E-state index contributed by atoms with van der Waals surface area (Å²) in [7, 11) is 0. The normalized spacial score (nSPS) is 22.9. The maximum atomic E-state index is 12.6. The van der Waals surface area contributed by atoms with Gasteiger partial charge in [0.05, 0.1) is 6.42 Å². The molecule has 1 aliphatic carbocycles. The summed E-state index contributed by atoms with van der Waals surface area (Å²) in [6, 6.07) is 17.1. The molecule has 1 saturated heterocycles. The maximum Gasteiger partial charge on any atom is 0.224 e. The van der Waals surface area contributed by atoms with Gasteiger partial charge in [0.1, 0.15) is 0 Å². The quantitative estimate of drug-likeness (QED) is 0.570. The zero-order valence-electron chi connectivity index (χ0n) is 17.3. The molecule has 0 radical (unpaired) electrons. The number of benzene rings is 2. The molecule has 0 spiro atoms. The molecule has 5 heteroatoms.